The zero-order valence-electron chi connectivity index (χ0n) is 14.3. The Kier molecular flexibility index (Phi) is 4.14. The van der Waals surface area contributed by atoms with Crippen LogP contribution in [0.5, 0.6) is 0 Å². The number of para-hydroxylation sites is 1. The van der Waals surface area contributed by atoms with Gasteiger partial charge in [-0.25, -0.2) is 0 Å². The molecule has 0 fully saturated rings. The molecule has 1 heterocycles. The van der Waals surface area contributed by atoms with E-state index in [1.165, 1.54) is 0 Å². The molecule has 4 aromatic rings. The second-order valence-electron chi connectivity index (χ2n) is 6.06. The minimum atomic E-state index is -0.605. The van der Waals surface area contributed by atoms with Gasteiger partial charge in [0.2, 0.25) is 0 Å². The van der Waals surface area contributed by atoms with Crippen LogP contribution in [-0.2, 0) is 0 Å². The lowest BCUT2D eigenvalue weighted by molar-refractivity contribution is 0.100. The van der Waals surface area contributed by atoms with Crippen molar-refractivity contribution in [2.24, 2.45) is 5.73 Å². The number of rotatable bonds is 4. The van der Waals surface area contributed by atoms with Crippen molar-refractivity contribution in [2.75, 3.05) is 5.32 Å². The van der Waals surface area contributed by atoms with Gasteiger partial charge in [-0.1, -0.05) is 54.6 Å². The summed E-state index contributed by atoms with van der Waals surface area (Å²) in [4.78, 5) is 24.1. The molecular formula is C21H16N4O2. The molecule has 0 atom stereocenters. The summed E-state index contributed by atoms with van der Waals surface area (Å²) in [6.45, 7) is 0. The molecule has 0 spiro atoms. The molecule has 0 aliphatic heterocycles. The molecule has 2 amide bonds. The first-order chi connectivity index (χ1) is 13.1. The Morgan fingerprint density at radius 2 is 1.67 bits per heavy atom. The number of aromatic nitrogens is 2. The molecule has 3 aromatic carbocycles. The Labute approximate surface area is 155 Å². The Balaban J connectivity index is 1.65. The second-order valence-corrected chi connectivity index (χ2v) is 6.06. The number of carbonyl (C=O) groups is 2. The SMILES string of the molecule is NC(=O)c1ccccc1NC(=O)c1cc(-c2cccc3ccccc23)n[nH]1. The van der Waals surface area contributed by atoms with Crippen molar-refractivity contribution in [1.82, 2.24) is 10.2 Å². The van der Waals surface area contributed by atoms with Gasteiger partial charge in [0.05, 0.1) is 16.9 Å². The third-order valence-electron chi connectivity index (χ3n) is 4.33. The van der Waals surface area contributed by atoms with E-state index in [4.69, 9.17) is 5.73 Å². The fourth-order valence-corrected chi connectivity index (χ4v) is 3.02. The van der Waals surface area contributed by atoms with Crippen molar-refractivity contribution in [3.63, 3.8) is 0 Å². The van der Waals surface area contributed by atoms with Crippen LogP contribution < -0.4 is 11.1 Å². The summed E-state index contributed by atoms with van der Waals surface area (Å²) >= 11 is 0. The van der Waals surface area contributed by atoms with Gasteiger partial charge in [0.15, 0.2) is 0 Å². The molecule has 0 saturated heterocycles. The van der Waals surface area contributed by atoms with Gasteiger partial charge in [-0.15, -0.1) is 0 Å². The minimum absolute atomic E-state index is 0.250. The number of carbonyl (C=O) groups excluding carboxylic acids is 2. The molecule has 1 aromatic heterocycles. The normalized spacial score (nSPS) is 10.7. The fraction of sp³-hybridized carbons (Fsp3) is 0. The second kappa shape index (κ2) is 6.76. The molecule has 6 nitrogen and oxygen atoms in total. The van der Waals surface area contributed by atoms with E-state index in [9.17, 15) is 9.59 Å². The zero-order chi connectivity index (χ0) is 18.8. The Morgan fingerprint density at radius 3 is 2.52 bits per heavy atom. The predicted octanol–water partition coefficient (Wildman–Crippen LogP) is 3.58. The van der Waals surface area contributed by atoms with Crippen molar-refractivity contribution in [3.05, 3.63) is 84.1 Å². The monoisotopic (exact) mass is 356 g/mol. The quantitative estimate of drug-likeness (QED) is 0.521. The summed E-state index contributed by atoms with van der Waals surface area (Å²) in [7, 11) is 0. The minimum Gasteiger partial charge on any atom is -0.366 e. The van der Waals surface area contributed by atoms with Crippen molar-refractivity contribution < 1.29 is 9.59 Å². The number of nitrogens with two attached hydrogens (primary N) is 1. The van der Waals surface area contributed by atoms with Gasteiger partial charge in [-0.2, -0.15) is 5.10 Å². The van der Waals surface area contributed by atoms with Crippen molar-refractivity contribution in [2.45, 2.75) is 0 Å². The number of hydrogen-bond acceptors (Lipinski definition) is 3. The van der Waals surface area contributed by atoms with Gasteiger partial charge < -0.3 is 11.1 Å². The highest BCUT2D eigenvalue weighted by Gasteiger charge is 2.15. The van der Waals surface area contributed by atoms with Crippen LogP contribution in [0.1, 0.15) is 20.8 Å². The number of primary amides is 1. The average molecular weight is 356 g/mol. The summed E-state index contributed by atoms with van der Waals surface area (Å²) in [6.07, 6.45) is 0. The molecular weight excluding hydrogens is 340 g/mol. The third kappa shape index (κ3) is 3.16. The fourth-order valence-electron chi connectivity index (χ4n) is 3.02. The van der Waals surface area contributed by atoms with Crippen molar-refractivity contribution >= 4 is 28.3 Å². The van der Waals surface area contributed by atoms with Crippen LogP contribution >= 0.6 is 0 Å². The topological polar surface area (TPSA) is 101 Å². The number of anilines is 1. The zero-order valence-corrected chi connectivity index (χ0v) is 14.3. The molecule has 27 heavy (non-hydrogen) atoms. The Bertz CT molecular complexity index is 1160. The van der Waals surface area contributed by atoms with Gasteiger partial charge in [-0.05, 0) is 29.0 Å². The molecule has 0 aliphatic rings. The largest absolute Gasteiger partial charge is 0.366 e. The number of fused-ring (bicyclic) bond motifs is 1. The lowest BCUT2D eigenvalue weighted by Crippen LogP contribution is -2.18. The molecule has 0 saturated carbocycles. The van der Waals surface area contributed by atoms with Gasteiger partial charge in [0.25, 0.3) is 11.8 Å². The molecule has 0 aliphatic carbocycles. The summed E-state index contributed by atoms with van der Waals surface area (Å²) in [5, 5.41) is 11.9. The predicted molar refractivity (Wildman–Crippen MR) is 104 cm³/mol. The van der Waals surface area contributed by atoms with Gasteiger partial charge in [0, 0.05) is 5.56 Å². The van der Waals surface area contributed by atoms with E-state index in [2.05, 4.69) is 15.5 Å². The first kappa shape index (κ1) is 16.5. The van der Waals surface area contributed by atoms with Crippen LogP contribution in [0.4, 0.5) is 5.69 Å². The van der Waals surface area contributed by atoms with E-state index < -0.39 is 11.8 Å². The van der Waals surface area contributed by atoms with E-state index in [-0.39, 0.29) is 11.3 Å². The lowest BCUT2D eigenvalue weighted by atomic mass is 10.0. The van der Waals surface area contributed by atoms with E-state index in [0.717, 1.165) is 16.3 Å². The molecule has 132 valence electrons. The summed E-state index contributed by atoms with van der Waals surface area (Å²) in [6, 6.07) is 22.2. The standard InChI is InChI=1S/C21H16N4O2/c22-20(26)16-9-3-4-11-17(16)23-21(27)19-12-18(24-25-19)15-10-5-7-13-6-1-2-8-14(13)15/h1-12H,(H2,22,26)(H,23,27)(H,24,25). The summed E-state index contributed by atoms with van der Waals surface area (Å²) in [5.74, 6) is -1.00. The number of aromatic amines is 1. The van der Waals surface area contributed by atoms with Crippen LogP contribution in [0.3, 0.4) is 0 Å². The number of nitrogens with one attached hydrogen (secondary N) is 2. The number of benzene rings is 3. The van der Waals surface area contributed by atoms with Crippen LogP contribution in [0.25, 0.3) is 22.0 Å². The van der Waals surface area contributed by atoms with E-state index in [1.54, 1.807) is 30.3 Å². The van der Waals surface area contributed by atoms with Crippen LogP contribution in [-0.4, -0.2) is 22.0 Å². The highest BCUT2D eigenvalue weighted by atomic mass is 16.2. The number of nitrogens with zero attached hydrogens (tertiary/aromatic N) is 1. The van der Waals surface area contributed by atoms with Crippen LogP contribution in [0, 0.1) is 0 Å². The van der Waals surface area contributed by atoms with Crippen molar-refractivity contribution in [1.29, 1.82) is 0 Å². The van der Waals surface area contributed by atoms with Gasteiger partial charge in [0.1, 0.15) is 5.69 Å². The molecule has 0 bridgehead atoms. The molecule has 4 N–H and O–H groups in total. The Hall–Kier alpha value is -3.93. The maximum absolute atomic E-state index is 12.6. The summed E-state index contributed by atoms with van der Waals surface area (Å²) < 4.78 is 0. The molecule has 0 radical (unpaired) electrons. The first-order valence-electron chi connectivity index (χ1n) is 8.37. The number of hydrogen-bond donors (Lipinski definition) is 3. The number of H-pyrrole nitrogens is 1. The highest BCUT2D eigenvalue weighted by Crippen LogP contribution is 2.27. The smallest absolute Gasteiger partial charge is 0.273 e. The van der Waals surface area contributed by atoms with Crippen LogP contribution in [0.2, 0.25) is 0 Å². The van der Waals surface area contributed by atoms with E-state index in [0.29, 0.717) is 11.4 Å². The first-order valence-corrected chi connectivity index (χ1v) is 8.37. The number of amides is 2. The third-order valence-corrected chi connectivity index (χ3v) is 4.33. The highest BCUT2D eigenvalue weighted by molar-refractivity contribution is 6.08. The molecule has 0 unspecified atom stereocenters. The lowest BCUT2D eigenvalue weighted by Gasteiger charge is -2.07. The van der Waals surface area contributed by atoms with E-state index >= 15 is 0 Å². The molecule has 6 heteroatoms. The van der Waals surface area contributed by atoms with Crippen LogP contribution in [0.15, 0.2) is 72.8 Å². The maximum atomic E-state index is 12.6. The Morgan fingerprint density at radius 1 is 0.926 bits per heavy atom. The summed E-state index contributed by atoms with van der Waals surface area (Å²) in [5.41, 5.74) is 7.85. The van der Waals surface area contributed by atoms with Gasteiger partial charge >= 0.3 is 0 Å². The maximum Gasteiger partial charge on any atom is 0.273 e. The average Bonchev–Trinajstić information content (AvgIpc) is 3.18. The molecule has 4 rings (SSSR count). The van der Waals surface area contributed by atoms with E-state index in [1.807, 2.05) is 42.5 Å². The van der Waals surface area contributed by atoms with Gasteiger partial charge in [-0.3, -0.25) is 14.7 Å². The van der Waals surface area contributed by atoms with Crippen molar-refractivity contribution in [3.8, 4) is 11.3 Å².